The molecule has 0 fully saturated rings. The average molecular weight is 384 g/mol. The third-order valence-electron chi connectivity index (χ3n) is 4.35. The van der Waals surface area contributed by atoms with Gasteiger partial charge in [0.2, 0.25) is 0 Å². The van der Waals surface area contributed by atoms with Crippen LogP contribution in [0.2, 0.25) is 0 Å². The number of benzene rings is 2. The van der Waals surface area contributed by atoms with E-state index in [0.717, 1.165) is 27.9 Å². The fourth-order valence-electron chi connectivity index (χ4n) is 2.48. The zero-order valence-corrected chi connectivity index (χ0v) is 16.2. The van der Waals surface area contributed by atoms with Crippen molar-refractivity contribution >= 4 is 17.4 Å². The molecule has 3 rings (SSSR count). The van der Waals surface area contributed by atoms with Crippen LogP contribution in [-0.2, 0) is 19.4 Å². The Bertz CT molecular complexity index is 954. The Balaban J connectivity index is 1.61. The smallest absolute Gasteiger partial charge is 0.269 e. The second-order valence-electron chi connectivity index (χ2n) is 6.16. The molecule has 0 bridgehead atoms. The lowest BCUT2D eigenvalue weighted by Crippen LogP contribution is -2.05. The average Bonchev–Trinajstić information content (AvgIpc) is 3.01. The first-order valence-electron chi connectivity index (χ1n) is 8.39. The number of non-ortho nitro benzene ring substituents is 1. The standard InChI is InChI=1S/C19H20N4O3S/c1-13-5-4-6-17(14(13)2)26-11-18-20-21-19(22(18)3)27-12-15-7-9-16(10-8-15)23(24)25/h4-10H,11-12H2,1-3H3. The second-order valence-corrected chi connectivity index (χ2v) is 7.10. The lowest BCUT2D eigenvalue weighted by molar-refractivity contribution is -0.384. The number of aromatic nitrogens is 3. The molecule has 0 unspecified atom stereocenters. The molecule has 0 aliphatic heterocycles. The lowest BCUT2D eigenvalue weighted by Gasteiger charge is -2.10. The normalized spacial score (nSPS) is 10.8. The number of hydrogen-bond acceptors (Lipinski definition) is 6. The van der Waals surface area contributed by atoms with Gasteiger partial charge in [-0.05, 0) is 36.6 Å². The number of nitro benzene ring substituents is 1. The molecule has 0 atom stereocenters. The topological polar surface area (TPSA) is 83.1 Å². The highest BCUT2D eigenvalue weighted by atomic mass is 32.2. The Morgan fingerprint density at radius 3 is 2.59 bits per heavy atom. The van der Waals surface area contributed by atoms with E-state index in [1.165, 1.54) is 29.5 Å². The zero-order valence-electron chi connectivity index (χ0n) is 15.4. The van der Waals surface area contributed by atoms with Crippen LogP contribution in [0, 0.1) is 24.0 Å². The van der Waals surface area contributed by atoms with Crippen LogP contribution in [0.25, 0.3) is 0 Å². The van der Waals surface area contributed by atoms with Crippen LogP contribution in [0.15, 0.2) is 47.6 Å². The summed E-state index contributed by atoms with van der Waals surface area (Å²) in [6.45, 7) is 4.43. The van der Waals surface area contributed by atoms with Crippen molar-refractivity contribution in [3.05, 3.63) is 75.1 Å². The maximum absolute atomic E-state index is 10.7. The molecule has 140 valence electrons. The van der Waals surface area contributed by atoms with E-state index in [-0.39, 0.29) is 5.69 Å². The SMILES string of the molecule is Cc1cccc(OCc2nnc(SCc3ccc([N+](=O)[O-])cc3)n2C)c1C. The highest BCUT2D eigenvalue weighted by Crippen LogP contribution is 2.24. The van der Waals surface area contributed by atoms with Crippen molar-refractivity contribution in [3.63, 3.8) is 0 Å². The number of aryl methyl sites for hydroxylation is 1. The van der Waals surface area contributed by atoms with Gasteiger partial charge in [0.15, 0.2) is 11.0 Å². The minimum Gasteiger partial charge on any atom is -0.485 e. The van der Waals surface area contributed by atoms with Gasteiger partial charge >= 0.3 is 0 Å². The van der Waals surface area contributed by atoms with Gasteiger partial charge in [-0.25, -0.2) is 0 Å². The van der Waals surface area contributed by atoms with Crippen LogP contribution >= 0.6 is 11.8 Å². The van der Waals surface area contributed by atoms with Gasteiger partial charge in [-0.1, -0.05) is 36.0 Å². The van der Waals surface area contributed by atoms with Gasteiger partial charge in [0.25, 0.3) is 5.69 Å². The van der Waals surface area contributed by atoms with E-state index in [0.29, 0.717) is 12.4 Å². The molecular weight excluding hydrogens is 364 g/mol. The van der Waals surface area contributed by atoms with Crippen LogP contribution in [0.5, 0.6) is 5.75 Å². The summed E-state index contributed by atoms with van der Waals surface area (Å²) >= 11 is 1.53. The molecule has 0 amide bonds. The highest BCUT2D eigenvalue weighted by Gasteiger charge is 2.12. The van der Waals surface area contributed by atoms with Gasteiger partial charge in [-0.15, -0.1) is 10.2 Å². The zero-order chi connectivity index (χ0) is 19.4. The predicted molar refractivity (Wildman–Crippen MR) is 104 cm³/mol. The Hall–Kier alpha value is -2.87. The van der Waals surface area contributed by atoms with Crippen LogP contribution in [0.1, 0.15) is 22.5 Å². The van der Waals surface area contributed by atoms with Gasteiger partial charge < -0.3 is 9.30 Å². The molecule has 0 aliphatic carbocycles. The van der Waals surface area contributed by atoms with Crippen molar-refractivity contribution in [2.24, 2.45) is 7.05 Å². The van der Waals surface area contributed by atoms with Crippen LogP contribution in [-0.4, -0.2) is 19.7 Å². The van der Waals surface area contributed by atoms with Crippen LogP contribution in [0.3, 0.4) is 0 Å². The first-order chi connectivity index (χ1) is 13.0. The highest BCUT2D eigenvalue weighted by molar-refractivity contribution is 7.98. The Morgan fingerprint density at radius 1 is 1.15 bits per heavy atom. The van der Waals surface area contributed by atoms with Crippen LogP contribution < -0.4 is 4.74 Å². The summed E-state index contributed by atoms with van der Waals surface area (Å²) < 4.78 is 7.80. The van der Waals surface area contributed by atoms with Crippen molar-refractivity contribution in [3.8, 4) is 5.75 Å². The van der Waals surface area contributed by atoms with Crippen molar-refractivity contribution in [1.82, 2.24) is 14.8 Å². The van der Waals surface area contributed by atoms with E-state index in [2.05, 4.69) is 23.2 Å². The molecule has 3 aromatic rings. The Morgan fingerprint density at radius 2 is 1.89 bits per heavy atom. The summed E-state index contributed by atoms with van der Waals surface area (Å²) in [6, 6.07) is 12.5. The number of nitro groups is 1. The molecule has 8 heteroatoms. The molecule has 0 saturated heterocycles. The van der Waals surface area contributed by atoms with Crippen molar-refractivity contribution in [2.75, 3.05) is 0 Å². The van der Waals surface area contributed by atoms with E-state index in [1.54, 1.807) is 12.1 Å². The van der Waals surface area contributed by atoms with E-state index in [9.17, 15) is 10.1 Å². The fraction of sp³-hybridized carbons (Fsp3) is 0.263. The first kappa shape index (κ1) is 18.9. The van der Waals surface area contributed by atoms with E-state index >= 15 is 0 Å². The van der Waals surface area contributed by atoms with Gasteiger partial charge in [0.05, 0.1) is 4.92 Å². The number of thioether (sulfide) groups is 1. The first-order valence-corrected chi connectivity index (χ1v) is 9.37. The molecular formula is C19H20N4O3S. The van der Waals surface area contributed by atoms with E-state index in [1.807, 2.05) is 30.7 Å². The largest absolute Gasteiger partial charge is 0.485 e. The molecule has 0 spiro atoms. The summed E-state index contributed by atoms with van der Waals surface area (Å²) in [5, 5.41) is 19.9. The van der Waals surface area contributed by atoms with E-state index in [4.69, 9.17) is 4.74 Å². The second kappa shape index (κ2) is 8.22. The monoisotopic (exact) mass is 384 g/mol. The maximum Gasteiger partial charge on any atom is 0.269 e. The quantitative estimate of drug-likeness (QED) is 0.345. The fourth-order valence-corrected chi connectivity index (χ4v) is 3.37. The van der Waals surface area contributed by atoms with Gasteiger partial charge in [0.1, 0.15) is 12.4 Å². The van der Waals surface area contributed by atoms with Crippen molar-refractivity contribution < 1.29 is 9.66 Å². The summed E-state index contributed by atoms with van der Waals surface area (Å²) in [5.74, 6) is 2.24. The van der Waals surface area contributed by atoms with Gasteiger partial charge in [0, 0.05) is 24.9 Å². The molecule has 27 heavy (non-hydrogen) atoms. The minimum atomic E-state index is -0.401. The molecule has 1 aromatic heterocycles. The Kier molecular flexibility index (Phi) is 5.75. The third kappa shape index (κ3) is 4.46. The van der Waals surface area contributed by atoms with Gasteiger partial charge in [-0.3, -0.25) is 10.1 Å². The summed E-state index contributed by atoms with van der Waals surface area (Å²) in [5.41, 5.74) is 3.38. The molecule has 0 aliphatic rings. The maximum atomic E-state index is 10.7. The molecule has 1 heterocycles. The number of nitrogens with zero attached hydrogens (tertiary/aromatic N) is 4. The third-order valence-corrected chi connectivity index (χ3v) is 5.44. The summed E-state index contributed by atoms with van der Waals surface area (Å²) in [6.07, 6.45) is 0. The van der Waals surface area contributed by atoms with Crippen molar-refractivity contribution in [2.45, 2.75) is 31.4 Å². The van der Waals surface area contributed by atoms with E-state index < -0.39 is 4.92 Å². The molecule has 0 radical (unpaired) electrons. The minimum absolute atomic E-state index is 0.0910. The molecule has 0 saturated carbocycles. The lowest BCUT2D eigenvalue weighted by atomic mass is 10.1. The van der Waals surface area contributed by atoms with Crippen molar-refractivity contribution in [1.29, 1.82) is 0 Å². The summed E-state index contributed by atoms with van der Waals surface area (Å²) in [4.78, 5) is 10.3. The number of rotatable bonds is 7. The van der Waals surface area contributed by atoms with Crippen LogP contribution in [0.4, 0.5) is 5.69 Å². The van der Waals surface area contributed by atoms with Gasteiger partial charge in [-0.2, -0.15) is 0 Å². The Labute approximate surface area is 161 Å². The number of hydrogen-bond donors (Lipinski definition) is 0. The predicted octanol–water partition coefficient (Wildman–Crippen LogP) is 4.21. The molecule has 2 aromatic carbocycles. The molecule has 7 nitrogen and oxygen atoms in total. The number of ether oxygens (including phenoxy) is 1. The summed E-state index contributed by atoms with van der Waals surface area (Å²) in [7, 11) is 1.90. The molecule has 0 N–H and O–H groups in total.